The quantitative estimate of drug-likeness (QED) is 0.570. The number of nitrogens with zero attached hydrogens (tertiary/aromatic N) is 3. The van der Waals surface area contributed by atoms with Gasteiger partial charge < -0.3 is 9.42 Å². The standard InChI is InChI=1S/C25H31F2N3O4S/c1-17-24(23(34-28-17)11-9-18-8-10-20(26)16-22(18)27)35(32,33)30-14-12-19(13-15-30)25(31)29(2)21-6-4-3-5-7-21/h8-11,16,19,21H,3-7,12-15H2,1-2H3/b11-9+. The van der Waals surface area contributed by atoms with E-state index in [1.807, 2.05) is 11.9 Å². The van der Waals surface area contributed by atoms with Gasteiger partial charge in [-0.15, -0.1) is 0 Å². The molecule has 0 atom stereocenters. The van der Waals surface area contributed by atoms with Crippen LogP contribution >= 0.6 is 0 Å². The van der Waals surface area contributed by atoms with Crippen LogP contribution in [0.5, 0.6) is 0 Å². The summed E-state index contributed by atoms with van der Waals surface area (Å²) in [6.07, 6.45) is 9.09. The van der Waals surface area contributed by atoms with Gasteiger partial charge in [0, 0.05) is 43.7 Å². The van der Waals surface area contributed by atoms with Crippen LogP contribution in [-0.4, -0.2) is 54.9 Å². The van der Waals surface area contributed by atoms with Gasteiger partial charge in [0.2, 0.25) is 15.9 Å². The molecular formula is C25H31F2N3O4S. The molecule has 2 heterocycles. The van der Waals surface area contributed by atoms with Crippen LogP contribution in [0.4, 0.5) is 8.78 Å². The molecule has 1 aliphatic carbocycles. The number of aryl methyl sites for hydroxylation is 1. The zero-order valence-corrected chi connectivity index (χ0v) is 20.9. The predicted octanol–water partition coefficient (Wildman–Crippen LogP) is 4.62. The molecule has 0 N–H and O–H groups in total. The molecule has 0 unspecified atom stereocenters. The summed E-state index contributed by atoms with van der Waals surface area (Å²) < 4.78 is 60.6. The van der Waals surface area contributed by atoms with E-state index in [1.54, 1.807) is 0 Å². The molecular weight excluding hydrogens is 476 g/mol. The average Bonchev–Trinajstić information content (AvgIpc) is 3.24. The molecule has 2 aliphatic rings. The lowest BCUT2D eigenvalue weighted by atomic mass is 9.91. The van der Waals surface area contributed by atoms with Crippen molar-refractivity contribution in [2.45, 2.75) is 62.8 Å². The summed E-state index contributed by atoms with van der Waals surface area (Å²) in [6, 6.07) is 3.39. The van der Waals surface area contributed by atoms with Crippen molar-refractivity contribution in [3.63, 3.8) is 0 Å². The number of carbonyl (C=O) groups excluding carboxylic acids is 1. The van der Waals surface area contributed by atoms with E-state index in [4.69, 9.17) is 4.52 Å². The maximum atomic E-state index is 14.0. The first-order chi connectivity index (χ1) is 16.7. The van der Waals surface area contributed by atoms with Gasteiger partial charge in [0.1, 0.15) is 17.3 Å². The van der Waals surface area contributed by atoms with Crippen molar-refractivity contribution in [1.29, 1.82) is 0 Å². The second-order valence-corrected chi connectivity index (χ2v) is 11.3. The fraction of sp³-hybridized carbons (Fsp3) is 0.520. The summed E-state index contributed by atoms with van der Waals surface area (Å²) in [5, 5.41) is 3.80. The summed E-state index contributed by atoms with van der Waals surface area (Å²) in [7, 11) is -2.08. The van der Waals surface area contributed by atoms with Crippen LogP contribution in [-0.2, 0) is 14.8 Å². The fourth-order valence-corrected chi connectivity index (χ4v) is 6.73. The molecule has 1 saturated heterocycles. The second-order valence-electron chi connectivity index (χ2n) is 9.38. The van der Waals surface area contributed by atoms with Gasteiger partial charge in [-0.25, -0.2) is 17.2 Å². The van der Waals surface area contributed by atoms with Crippen molar-refractivity contribution in [1.82, 2.24) is 14.4 Å². The van der Waals surface area contributed by atoms with Crippen molar-refractivity contribution in [3.8, 4) is 0 Å². The maximum Gasteiger partial charge on any atom is 0.248 e. The van der Waals surface area contributed by atoms with E-state index >= 15 is 0 Å². The minimum absolute atomic E-state index is 0.0264. The molecule has 2 aromatic rings. The van der Waals surface area contributed by atoms with Gasteiger partial charge in [-0.2, -0.15) is 4.31 Å². The Morgan fingerprint density at radius 3 is 2.46 bits per heavy atom. The Labute approximate surface area is 204 Å². The van der Waals surface area contributed by atoms with Gasteiger partial charge in [0.05, 0.1) is 0 Å². The minimum Gasteiger partial charge on any atom is -0.355 e. The first-order valence-electron chi connectivity index (χ1n) is 12.0. The number of hydrogen-bond donors (Lipinski definition) is 0. The largest absolute Gasteiger partial charge is 0.355 e. The Hall–Kier alpha value is -2.59. The fourth-order valence-electron chi connectivity index (χ4n) is 5.01. The van der Waals surface area contributed by atoms with E-state index in [0.29, 0.717) is 12.8 Å². The van der Waals surface area contributed by atoms with Crippen LogP contribution in [0.25, 0.3) is 12.2 Å². The van der Waals surface area contributed by atoms with E-state index in [2.05, 4.69) is 5.16 Å². The lowest BCUT2D eigenvalue weighted by Crippen LogP contribution is -2.46. The van der Waals surface area contributed by atoms with Gasteiger partial charge in [0.15, 0.2) is 10.7 Å². The third-order valence-corrected chi connectivity index (χ3v) is 9.14. The maximum absolute atomic E-state index is 14.0. The first kappa shape index (κ1) is 25.5. The van der Waals surface area contributed by atoms with E-state index in [1.165, 1.54) is 35.9 Å². The molecule has 10 heteroatoms. The summed E-state index contributed by atoms with van der Waals surface area (Å²) in [5.74, 6) is -1.60. The Bertz CT molecular complexity index is 1200. The van der Waals surface area contributed by atoms with Crippen molar-refractivity contribution in [3.05, 3.63) is 46.9 Å². The average molecular weight is 508 g/mol. The molecule has 0 spiro atoms. The normalized spacial score (nSPS) is 18.9. The Morgan fingerprint density at radius 1 is 1.11 bits per heavy atom. The molecule has 0 radical (unpaired) electrons. The first-order valence-corrected chi connectivity index (χ1v) is 13.5. The minimum atomic E-state index is -3.94. The van der Waals surface area contributed by atoms with Crippen LogP contribution in [0.1, 0.15) is 62.0 Å². The molecule has 1 aliphatic heterocycles. The third kappa shape index (κ3) is 5.48. The summed E-state index contributed by atoms with van der Waals surface area (Å²) >= 11 is 0. The molecule has 7 nitrogen and oxygen atoms in total. The van der Waals surface area contributed by atoms with E-state index in [9.17, 15) is 22.0 Å². The molecule has 0 bridgehead atoms. The highest BCUT2D eigenvalue weighted by Gasteiger charge is 2.37. The van der Waals surface area contributed by atoms with Gasteiger partial charge in [-0.1, -0.05) is 24.4 Å². The van der Waals surface area contributed by atoms with Crippen LogP contribution in [0.2, 0.25) is 0 Å². The van der Waals surface area contributed by atoms with Crippen molar-refractivity contribution in [2.75, 3.05) is 20.1 Å². The summed E-state index contributed by atoms with van der Waals surface area (Å²) in [4.78, 5) is 14.8. The van der Waals surface area contributed by atoms with Crippen LogP contribution in [0.15, 0.2) is 27.6 Å². The monoisotopic (exact) mass is 507 g/mol. The number of sulfonamides is 1. The summed E-state index contributed by atoms with van der Waals surface area (Å²) in [6.45, 7) is 1.97. The highest BCUT2D eigenvalue weighted by molar-refractivity contribution is 7.89. The molecule has 35 heavy (non-hydrogen) atoms. The lowest BCUT2D eigenvalue weighted by molar-refractivity contribution is -0.138. The van der Waals surface area contributed by atoms with Gasteiger partial charge in [-0.3, -0.25) is 4.79 Å². The van der Waals surface area contributed by atoms with Crippen LogP contribution in [0.3, 0.4) is 0 Å². The van der Waals surface area contributed by atoms with Crippen LogP contribution < -0.4 is 0 Å². The van der Waals surface area contributed by atoms with Gasteiger partial charge in [-0.05, 0) is 56.9 Å². The number of benzene rings is 1. The van der Waals surface area contributed by atoms with E-state index in [-0.39, 0.29) is 52.9 Å². The lowest BCUT2D eigenvalue weighted by Gasteiger charge is -2.36. The van der Waals surface area contributed by atoms with Gasteiger partial charge in [0.25, 0.3) is 0 Å². The number of hydrogen-bond acceptors (Lipinski definition) is 5. The molecule has 1 amide bonds. The zero-order valence-electron chi connectivity index (χ0n) is 20.0. The summed E-state index contributed by atoms with van der Waals surface area (Å²) in [5.41, 5.74) is 0.282. The van der Waals surface area contributed by atoms with Gasteiger partial charge >= 0.3 is 0 Å². The van der Waals surface area contributed by atoms with Crippen molar-refractivity contribution in [2.24, 2.45) is 5.92 Å². The van der Waals surface area contributed by atoms with E-state index < -0.39 is 21.7 Å². The van der Waals surface area contributed by atoms with Crippen molar-refractivity contribution >= 4 is 28.1 Å². The third-order valence-electron chi connectivity index (χ3n) is 7.08. The topological polar surface area (TPSA) is 83.7 Å². The smallest absolute Gasteiger partial charge is 0.248 e. The van der Waals surface area contributed by atoms with E-state index in [0.717, 1.165) is 37.8 Å². The Morgan fingerprint density at radius 2 is 1.80 bits per heavy atom. The van der Waals surface area contributed by atoms with Crippen molar-refractivity contribution < 1.29 is 26.5 Å². The van der Waals surface area contributed by atoms with Crippen LogP contribution in [0, 0.1) is 24.5 Å². The number of aromatic nitrogens is 1. The molecule has 2 fully saturated rings. The molecule has 1 aromatic heterocycles. The highest BCUT2D eigenvalue weighted by Crippen LogP contribution is 2.31. The molecule has 1 aromatic carbocycles. The molecule has 1 saturated carbocycles. The SMILES string of the molecule is Cc1noc(/C=C/c2ccc(F)cc2F)c1S(=O)(=O)N1CCC(C(=O)N(C)C2CCCCC2)CC1. The number of amides is 1. The zero-order chi connectivity index (χ0) is 25.2. The predicted molar refractivity (Wildman–Crippen MR) is 128 cm³/mol. The second kappa shape index (κ2) is 10.6. The number of carbonyl (C=O) groups is 1. The number of rotatable bonds is 6. The molecule has 190 valence electrons. The Balaban J connectivity index is 1.46. The highest BCUT2D eigenvalue weighted by atomic mass is 32.2. The number of halogens is 2. The Kier molecular flexibility index (Phi) is 7.70. The number of piperidine rings is 1. The molecule has 4 rings (SSSR count).